The molecule has 1 saturated carbocycles. The van der Waals surface area contributed by atoms with E-state index < -0.39 is 0 Å². The summed E-state index contributed by atoms with van der Waals surface area (Å²) in [6.07, 6.45) is 4.35. The third-order valence-corrected chi connectivity index (χ3v) is 6.83. The number of hydrogen-bond acceptors (Lipinski definition) is 7. The van der Waals surface area contributed by atoms with E-state index in [4.69, 9.17) is 9.97 Å². The largest absolute Gasteiger partial charge is 0.324 e. The minimum absolute atomic E-state index is 0.0593. The Balaban J connectivity index is 1.51. The molecular weight excluding hydrogens is 452 g/mol. The molecule has 1 fully saturated rings. The van der Waals surface area contributed by atoms with Gasteiger partial charge in [-0.1, -0.05) is 26.8 Å². The molecule has 0 radical (unpaired) electrons. The van der Waals surface area contributed by atoms with Crippen LogP contribution < -0.4 is 16.2 Å². The summed E-state index contributed by atoms with van der Waals surface area (Å²) in [4.78, 5) is 27.5. The molecule has 1 aromatic carbocycles. The van der Waals surface area contributed by atoms with Crippen LogP contribution in [0.3, 0.4) is 0 Å². The summed E-state index contributed by atoms with van der Waals surface area (Å²) in [5, 5.41) is 17.0. The average Bonchev–Trinajstić information content (AvgIpc) is 3.67. The average molecular weight is 481 g/mol. The molecule has 0 unspecified atom stereocenters. The second-order valence-corrected chi connectivity index (χ2v) is 10.6. The number of rotatable bonds is 4. The standard InChI is InChI=1S/C27H28N8O/c1-27(2,3)22-9-5-17(13-28)23(32-22)35-24-21(25(36)34(35)20-7-8-20)15-30-26(33-24)31-19-6-4-18-14-29-11-10-16(18)12-19/h4-6,9,12,15,20,29H,7-8,10-11,14H2,1-3H3,(H,30,31,33). The number of nitrogens with zero attached hydrogens (tertiary/aromatic N) is 6. The van der Waals surface area contributed by atoms with Crippen LogP contribution in [0.1, 0.15) is 62.0 Å². The monoisotopic (exact) mass is 480 g/mol. The summed E-state index contributed by atoms with van der Waals surface area (Å²) in [6.45, 7) is 8.06. The minimum Gasteiger partial charge on any atom is -0.324 e. The van der Waals surface area contributed by atoms with Gasteiger partial charge in [-0.3, -0.25) is 4.79 Å². The van der Waals surface area contributed by atoms with Gasteiger partial charge in [-0.15, -0.1) is 0 Å². The predicted octanol–water partition coefficient (Wildman–Crippen LogP) is 3.87. The van der Waals surface area contributed by atoms with Gasteiger partial charge >= 0.3 is 0 Å². The van der Waals surface area contributed by atoms with Crippen LogP contribution in [0.2, 0.25) is 0 Å². The SMILES string of the molecule is CC(C)(C)c1ccc(C#N)c(-n2c3nc(Nc4ccc5c(c4)CCNC5)ncc3c(=O)n2C2CC2)n1. The van der Waals surface area contributed by atoms with E-state index in [2.05, 4.69) is 54.6 Å². The van der Waals surface area contributed by atoms with Crippen molar-refractivity contribution >= 4 is 22.7 Å². The molecule has 6 rings (SSSR count). The first-order valence-corrected chi connectivity index (χ1v) is 12.4. The van der Waals surface area contributed by atoms with Gasteiger partial charge in [0.05, 0.1) is 11.6 Å². The minimum atomic E-state index is -0.222. The molecule has 36 heavy (non-hydrogen) atoms. The quantitative estimate of drug-likeness (QED) is 0.456. The van der Waals surface area contributed by atoms with E-state index >= 15 is 0 Å². The Morgan fingerprint density at radius 3 is 2.72 bits per heavy atom. The highest BCUT2D eigenvalue weighted by Crippen LogP contribution is 2.36. The number of nitriles is 1. The van der Waals surface area contributed by atoms with E-state index in [1.54, 1.807) is 21.6 Å². The summed E-state index contributed by atoms with van der Waals surface area (Å²) in [5.74, 6) is 0.818. The highest BCUT2D eigenvalue weighted by Gasteiger charge is 2.32. The van der Waals surface area contributed by atoms with Gasteiger partial charge in [0.1, 0.15) is 11.5 Å². The fourth-order valence-corrected chi connectivity index (χ4v) is 4.71. The molecule has 0 atom stereocenters. The Bertz CT molecular complexity index is 1600. The van der Waals surface area contributed by atoms with E-state index in [9.17, 15) is 10.1 Å². The molecular formula is C27H28N8O. The molecule has 182 valence electrons. The van der Waals surface area contributed by atoms with Crippen LogP contribution in [0.4, 0.5) is 11.6 Å². The highest BCUT2D eigenvalue weighted by atomic mass is 16.1. The van der Waals surface area contributed by atoms with Gasteiger partial charge < -0.3 is 10.6 Å². The molecule has 1 aliphatic heterocycles. The van der Waals surface area contributed by atoms with Crippen molar-refractivity contribution in [3.63, 3.8) is 0 Å². The summed E-state index contributed by atoms with van der Waals surface area (Å²) < 4.78 is 3.43. The normalized spacial score (nSPS) is 15.5. The molecule has 9 heteroatoms. The molecule has 9 nitrogen and oxygen atoms in total. The lowest BCUT2D eigenvalue weighted by molar-refractivity contribution is 0.536. The number of hydrogen-bond donors (Lipinski definition) is 2. The van der Waals surface area contributed by atoms with Gasteiger partial charge in [-0.2, -0.15) is 10.2 Å². The Kier molecular flexibility index (Phi) is 5.16. The van der Waals surface area contributed by atoms with Crippen molar-refractivity contribution in [3.8, 4) is 11.9 Å². The summed E-state index contributed by atoms with van der Waals surface area (Å²) in [5.41, 5.74) is 4.80. The molecule has 1 aliphatic carbocycles. The molecule has 3 aromatic heterocycles. The van der Waals surface area contributed by atoms with Crippen LogP contribution in [0.25, 0.3) is 16.9 Å². The zero-order chi connectivity index (χ0) is 25.0. The number of nitrogens with one attached hydrogen (secondary N) is 2. The van der Waals surface area contributed by atoms with Crippen molar-refractivity contribution in [1.82, 2.24) is 29.6 Å². The van der Waals surface area contributed by atoms with Gasteiger partial charge in [0, 0.05) is 29.5 Å². The van der Waals surface area contributed by atoms with E-state index in [1.807, 2.05) is 12.1 Å². The van der Waals surface area contributed by atoms with Crippen LogP contribution >= 0.6 is 0 Å². The Labute approximate surface area is 208 Å². The predicted molar refractivity (Wildman–Crippen MR) is 138 cm³/mol. The number of pyridine rings is 1. The molecule has 0 amide bonds. The summed E-state index contributed by atoms with van der Waals surface area (Å²) >= 11 is 0. The molecule has 0 bridgehead atoms. The highest BCUT2D eigenvalue weighted by molar-refractivity contribution is 5.77. The first-order chi connectivity index (χ1) is 17.3. The molecule has 0 saturated heterocycles. The number of benzene rings is 1. The molecule has 2 aliphatic rings. The van der Waals surface area contributed by atoms with E-state index in [1.165, 1.54) is 11.1 Å². The van der Waals surface area contributed by atoms with Gasteiger partial charge in [-0.25, -0.2) is 19.3 Å². The smallest absolute Gasteiger partial charge is 0.278 e. The maximum absolute atomic E-state index is 13.4. The Morgan fingerprint density at radius 2 is 1.97 bits per heavy atom. The van der Waals surface area contributed by atoms with Gasteiger partial charge in [0.25, 0.3) is 5.56 Å². The lowest BCUT2D eigenvalue weighted by atomic mass is 9.91. The molecule has 0 spiro atoms. The van der Waals surface area contributed by atoms with E-state index in [-0.39, 0.29) is 17.0 Å². The van der Waals surface area contributed by atoms with Crippen molar-refractivity contribution in [1.29, 1.82) is 5.26 Å². The molecule has 4 heterocycles. The van der Waals surface area contributed by atoms with Crippen LogP contribution in [-0.4, -0.2) is 30.9 Å². The van der Waals surface area contributed by atoms with E-state index in [0.717, 1.165) is 43.7 Å². The number of fused-ring (bicyclic) bond motifs is 2. The van der Waals surface area contributed by atoms with Crippen LogP contribution in [-0.2, 0) is 18.4 Å². The Hall–Kier alpha value is -4.03. The first kappa shape index (κ1) is 22.4. The summed E-state index contributed by atoms with van der Waals surface area (Å²) in [6, 6.07) is 12.2. The fourth-order valence-electron chi connectivity index (χ4n) is 4.71. The number of aromatic nitrogens is 5. The molecule has 2 N–H and O–H groups in total. The second kappa shape index (κ2) is 8.28. The van der Waals surface area contributed by atoms with Crippen LogP contribution in [0, 0.1) is 11.3 Å². The lowest BCUT2D eigenvalue weighted by Crippen LogP contribution is -2.23. The third kappa shape index (κ3) is 3.84. The maximum atomic E-state index is 13.4. The van der Waals surface area contributed by atoms with Crippen molar-refractivity contribution in [2.45, 2.75) is 58.0 Å². The van der Waals surface area contributed by atoms with Crippen LogP contribution in [0.5, 0.6) is 0 Å². The van der Waals surface area contributed by atoms with E-state index in [0.29, 0.717) is 28.4 Å². The van der Waals surface area contributed by atoms with Crippen molar-refractivity contribution < 1.29 is 0 Å². The lowest BCUT2D eigenvalue weighted by Gasteiger charge is -2.20. The maximum Gasteiger partial charge on any atom is 0.278 e. The van der Waals surface area contributed by atoms with Gasteiger partial charge in [-0.05, 0) is 61.2 Å². The van der Waals surface area contributed by atoms with Gasteiger partial charge in [0.2, 0.25) is 5.95 Å². The van der Waals surface area contributed by atoms with Crippen LogP contribution in [0.15, 0.2) is 41.3 Å². The fraction of sp³-hybridized carbons (Fsp3) is 0.370. The van der Waals surface area contributed by atoms with Gasteiger partial charge in [0.15, 0.2) is 11.5 Å². The zero-order valence-electron chi connectivity index (χ0n) is 20.7. The zero-order valence-corrected chi connectivity index (χ0v) is 20.7. The summed E-state index contributed by atoms with van der Waals surface area (Å²) in [7, 11) is 0. The Morgan fingerprint density at radius 1 is 1.14 bits per heavy atom. The van der Waals surface area contributed by atoms with Crippen molar-refractivity contribution in [2.24, 2.45) is 0 Å². The third-order valence-electron chi connectivity index (χ3n) is 6.83. The topological polar surface area (TPSA) is 113 Å². The van der Waals surface area contributed by atoms with Crippen molar-refractivity contribution in [3.05, 3.63) is 69.3 Å². The number of anilines is 2. The first-order valence-electron chi connectivity index (χ1n) is 12.4. The van der Waals surface area contributed by atoms with Crippen molar-refractivity contribution in [2.75, 3.05) is 11.9 Å². The second-order valence-electron chi connectivity index (χ2n) is 10.6. The molecule has 4 aromatic rings.